The molecule has 1 fully saturated rings. The Morgan fingerprint density at radius 1 is 0.929 bits per heavy atom. The van der Waals surface area contributed by atoms with E-state index >= 15 is 0 Å². The number of esters is 1. The van der Waals surface area contributed by atoms with Gasteiger partial charge in [-0.25, -0.2) is 9.59 Å². The molecule has 218 valence electrons. The molecular weight excluding hydrogens is 532 g/mol. The molecule has 0 radical (unpaired) electrons. The second kappa shape index (κ2) is 12.9. The summed E-state index contributed by atoms with van der Waals surface area (Å²) in [7, 11) is 1.66. The summed E-state index contributed by atoms with van der Waals surface area (Å²) in [5.74, 6) is 0.790. The molecule has 0 aliphatic carbocycles. The van der Waals surface area contributed by atoms with E-state index in [0.29, 0.717) is 60.1 Å². The van der Waals surface area contributed by atoms with Crippen LogP contribution in [0.2, 0.25) is 0 Å². The van der Waals surface area contributed by atoms with Crippen molar-refractivity contribution in [3.63, 3.8) is 0 Å². The van der Waals surface area contributed by atoms with Gasteiger partial charge in [0.2, 0.25) is 0 Å². The minimum absolute atomic E-state index is 0.000933. The molecular formula is C33H36N4O5. The normalized spacial score (nSPS) is 19.4. The van der Waals surface area contributed by atoms with Crippen LogP contribution in [0.5, 0.6) is 11.5 Å². The number of carbonyl (C=O) groups excluding carboxylic acids is 3. The van der Waals surface area contributed by atoms with Crippen LogP contribution in [0.25, 0.3) is 0 Å². The molecule has 9 nitrogen and oxygen atoms in total. The van der Waals surface area contributed by atoms with Crippen LogP contribution in [0, 0.1) is 0 Å². The highest BCUT2D eigenvalue weighted by molar-refractivity contribution is 5.95. The minimum atomic E-state index is -0.722. The maximum absolute atomic E-state index is 13.5. The lowest BCUT2D eigenvalue weighted by Crippen LogP contribution is -2.56. The van der Waals surface area contributed by atoms with E-state index in [9.17, 15) is 14.4 Å². The van der Waals surface area contributed by atoms with Gasteiger partial charge < -0.3 is 19.7 Å². The molecule has 3 aromatic carbocycles. The number of hydrogen-bond donors (Lipinski definition) is 1. The fourth-order valence-corrected chi connectivity index (χ4v) is 5.47. The van der Waals surface area contributed by atoms with Crippen molar-refractivity contribution in [3.8, 4) is 11.5 Å². The topological polar surface area (TPSA) is 91.4 Å². The molecule has 9 heteroatoms. The Morgan fingerprint density at radius 3 is 2.31 bits per heavy atom. The highest BCUT2D eigenvalue weighted by atomic mass is 16.5. The van der Waals surface area contributed by atoms with Crippen molar-refractivity contribution in [2.75, 3.05) is 39.8 Å². The van der Waals surface area contributed by atoms with Gasteiger partial charge in [-0.15, -0.1) is 0 Å². The van der Waals surface area contributed by atoms with Crippen molar-refractivity contribution in [2.24, 2.45) is 0 Å². The van der Waals surface area contributed by atoms with Gasteiger partial charge >= 0.3 is 12.0 Å². The predicted molar refractivity (Wildman–Crippen MR) is 159 cm³/mol. The molecule has 0 unspecified atom stereocenters. The number of carbonyl (C=O) groups is 3. The van der Waals surface area contributed by atoms with Gasteiger partial charge in [-0.05, 0) is 55.8 Å². The number of para-hydroxylation sites is 1. The lowest BCUT2D eigenvalue weighted by Gasteiger charge is -2.42. The highest BCUT2D eigenvalue weighted by Crippen LogP contribution is 2.34. The quantitative estimate of drug-likeness (QED) is 0.391. The zero-order valence-corrected chi connectivity index (χ0v) is 24.2. The van der Waals surface area contributed by atoms with Crippen molar-refractivity contribution in [2.45, 2.75) is 25.9 Å². The molecule has 3 amide bonds. The van der Waals surface area contributed by atoms with Crippen molar-refractivity contribution in [3.05, 3.63) is 107 Å². The first-order chi connectivity index (χ1) is 20.4. The number of urea groups is 1. The molecule has 0 saturated carbocycles. The van der Waals surface area contributed by atoms with Crippen LogP contribution in [0.15, 0.2) is 96.2 Å². The number of likely N-dealkylation sites (N-methyl/N-ethyl adjacent to an activating group) is 1. The van der Waals surface area contributed by atoms with E-state index in [2.05, 4.69) is 10.2 Å². The molecule has 5 rings (SSSR count). The van der Waals surface area contributed by atoms with Crippen LogP contribution in [0.3, 0.4) is 0 Å². The van der Waals surface area contributed by atoms with Crippen molar-refractivity contribution in [1.82, 2.24) is 20.0 Å². The Kier molecular flexibility index (Phi) is 8.88. The Morgan fingerprint density at radius 2 is 1.62 bits per heavy atom. The summed E-state index contributed by atoms with van der Waals surface area (Å²) in [4.78, 5) is 45.3. The fourth-order valence-electron chi connectivity index (χ4n) is 5.47. The minimum Gasteiger partial charge on any atom is -0.463 e. The van der Waals surface area contributed by atoms with E-state index in [0.717, 1.165) is 0 Å². The van der Waals surface area contributed by atoms with E-state index in [4.69, 9.17) is 9.47 Å². The standard InChI is InChI=1S/C33H36N4O5/c1-4-41-32(39)29-28(22-36-18-19-37(23(2)21-36)31(38)24-12-7-5-8-13-24)35(3)33(40)34-30(29)25-14-11-17-27(20-25)42-26-15-9-6-10-16-26/h5-17,20,23,30H,4,18-19,21-22H2,1-3H3,(H,34,40)/t23-,30-/m0/s1. The number of ether oxygens (including phenoxy) is 2. The zero-order valence-electron chi connectivity index (χ0n) is 24.2. The molecule has 2 heterocycles. The van der Waals surface area contributed by atoms with Gasteiger partial charge in [0.05, 0.1) is 18.2 Å². The number of rotatable bonds is 8. The number of hydrogen-bond acceptors (Lipinski definition) is 6. The molecule has 3 aromatic rings. The third-order valence-electron chi connectivity index (χ3n) is 7.61. The van der Waals surface area contributed by atoms with E-state index in [1.807, 2.05) is 96.8 Å². The van der Waals surface area contributed by atoms with Crippen LogP contribution in [0.4, 0.5) is 4.79 Å². The molecule has 2 aliphatic rings. The van der Waals surface area contributed by atoms with E-state index in [1.54, 1.807) is 14.0 Å². The predicted octanol–water partition coefficient (Wildman–Crippen LogP) is 4.84. The summed E-state index contributed by atoms with van der Waals surface area (Å²) < 4.78 is 11.5. The van der Waals surface area contributed by atoms with Crippen LogP contribution < -0.4 is 10.1 Å². The van der Waals surface area contributed by atoms with E-state index in [1.165, 1.54) is 4.90 Å². The summed E-state index contributed by atoms with van der Waals surface area (Å²) in [6.45, 7) is 6.07. The lowest BCUT2D eigenvalue weighted by molar-refractivity contribution is -0.139. The van der Waals surface area contributed by atoms with Crippen molar-refractivity contribution in [1.29, 1.82) is 0 Å². The maximum atomic E-state index is 13.5. The first-order valence-corrected chi connectivity index (χ1v) is 14.2. The molecule has 0 spiro atoms. The molecule has 0 aromatic heterocycles. The average Bonchev–Trinajstić information content (AvgIpc) is 3.00. The van der Waals surface area contributed by atoms with Gasteiger partial charge in [0.15, 0.2) is 0 Å². The van der Waals surface area contributed by atoms with Crippen LogP contribution in [-0.2, 0) is 9.53 Å². The number of nitrogens with zero attached hydrogens (tertiary/aromatic N) is 3. The number of nitrogens with one attached hydrogen (secondary N) is 1. The van der Waals surface area contributed by atoms with Crippen LogP contribution in [-0.4, -0.2) is 78.5 Å². The Balaban J connectivity index is 1.42. The largest absolute Gasteiger partial charge is 0.463 e. The van der Waals surface area contributed by atoms with Crippen LogP contribution in [0.1, 0.15) is 35.8 Å². The second-order valence-electron chi connectivity index (χ2n) is 10.5. The third-order valence-corrected chi connectivity index (χ3v) is 7.61. The fraction of sp³-hybridized carbons (Fsp3) is 0.303. The first kappa shape index (κ1) is 28.9. The Hall–Kier alpha value is -4.63. The molecule has 2 atom stereocenters. The van der Waals surface area contributed by atoms with Gasteiger partial charge in [-0.2, -0.15) is 0 Å². The number of benzene rings is 3. The van der Waals surface area contributed by atoms with Gasteiger partial charge in [0, 0.05) is 50.5 Å². The first-order valence-electron chi connectivity index (χ1n) is 14.2. The Labute approximate surface area is 246 Å². The molecule has 1 N–H and O–H groups in total. The SMILES string of the molecule is CCOC(=O)C1=C(CN2CCN(C(=O)c3ccccc3)[C@@H](C)C2)N(C)C(=O)N[C@H]1c1cccc(Oc2ccccc2)c1. The smallest absolute Gasteiger partial charge is 0.338 e. The number of amides is 3. The molecule has 1 saturated heterocycles. The monoisotopic (exact) mass is 568 g/mol. The van der Waals surface area contributed by atoms with E-state index in [-0.39, 0.29) is 24.6 Å². The maximum Gasteiger partial charge on any atom is 0.338 e. The summed E-state index contributed by atoms with van der Waals surface area (Å²) in [6, 6.07) is 25.0. The van der Waals surface area contributed by atoms with Gasteiger partial charge in [0.1, 0.15) is 11.5 Å². The highest BCUT2D eigenvalue weighted by Gasteiger charge is 2.38. The van der Waals surface area contributed by atoms with Crippen molar-refractivity contribution >= 4 is 17.9 Å². The van der Waals surface area contributed by atoms with Crippen LogP contribution >= 0.6 is 0 Å². The summed E-state index contributed by atoms with van der Waals surface area (Å²) in [5.41, 5.74) is 2.32. The van der Waals surface area contributed by atoms with Gasteiger partial charge in [-0.3, -0.25) is 14.6 Å². The van der Waals surface area contributed by atoms with Crippen molar-refractivity contribution < 1.29 is 23.9 Å². The second-order valence-corrected chi connectivity index (χ2v) is 10.5. The van der Waals surface area contributed by atoms with Gasteiger partial charge in [0.25, 0.3) is 5.91 Å². The third kappa shape index (κ3) is 6.31. The molecule has 0 bridgehead atoms. The summed E-state index contributed by atoms with van der Waals surface area (Å²) in [5, 5.41) is 2.98. The summed E-state index contributed by atoms with van der Waals surface area (Å²) in [6.07, 6.45) is 0. The number of piperazine rings is 1. The van der Waals surface area contributed by atoms with Gasteiger partial charge in [-0.1, -0.05) is 48.5 Å². The molecule has 2 aliphatic heterocycles. The molecule has 42 heavy (non-hydrogen) atoms. The Bertz CT molecular complexity index is 1460. The summed E-state index contributed by atoms with van der Waals surface area (Å²) >= 11 is 0. The zero-order chi connectivity index (χ0) is 29.6. The van der Waals surface area contributed by atoms with E-state index < -0.39 is 12.0 Å². The average molecular weight is 569 g/mol. The lowest BCUT2D eigenvalue weighted by atomic mass is 9.94.